The number of allylic oxidation sites excluding steroid dienone is 1. The number of benzene rings is 1. The Morgan fingerprint density at radius 2 is 1.93 bits per heavy atom. The molecule has 0 saturated heterocycles. The van der Waals surface area contributed by atoms with Crippen LogP contribution in [0.5, 0.6) is 0 Å². The summed E-state index contributed by atoms with van der Waals surface area (Å²) in [5, 5.41) is 0. The second kappa shape index (κ2) is 4.52. The van der Waals surface area contributed by atoms with E-state index in [-0.39, 0.29) is 5.41 Å². The zero-order valence-corrected chi connectivity index (χ0v) is 11.6. The summed E-state index contributed by atoms with van der Waals surface area (Å²) in [7, 11) is 0. The predicted molar refractivity (Wildman–Crippen MR) is 71.5 cm³/mol. The Hall–Kier alpha value is -0.560. The third kappa shape index (κ3) is 2.94. The van der Waals surface area contributed by atoms with Crippen LogP contribution in [0.3, 0.4) is 0 Å². The molecule has 0 bridgehead atoms. The first-order valence-electron chi connectivity index (χ1n) is 5.28. The van der Waals surface area contributed by atoms with Gasteiger partial charge in [-0.2, -0.15) is 0 Å². The summed E-state index contributed by atoms with van der Waals surface area (Å²) in [4.78, 5) is 0. The molecule has 0 amide bonds. The van der Waals surface area contributed by atoms with Gasteiger partial charge in [-0.05, 0) is 34.6 Å². The minimum absolute atomic E-state index is 0.188. The van der Waals surface area contributed by atoms with E-state index in [2.05, 4.69) is 68.4 Å². The van der Waals surface area contributed by atoms with E-state index in [1.165, 1.54) is 11.1 Å². The van der Waals surface area contributed by atoms with Crippen LogP contribution in [0.25, 0.3) is 0 Å². The number of hydrogen-bond acceptors (Lipinski definition) is 0. The molecule has 0 aliphatic carbocycles. The van der Waals surface area contributed by atoms with Gasteiger partial charge in [-0.1, -0.05) is 55.8 Å². The van der Waals surface area contributed by atoms with Gasteiger partial charge < -0.3 is 0 Å². The molecule has 0 radical (unpaired) electrons. The highest BCUT2D eigenvalue weighted by Crippen LogP contribution is 2.32. The standard InChI is InChI=1S/C14H19Br/c1-6-10(2)12-9-11(15)7-8-13(12)14(3,4)5/h6-10H,1H2,2-5H3. The third-order valence-electron chi connectivity index (χ3n) is 2.67. The zero-order chi connectivity index (χ0) is 11.6. The van der Waals surface area contributed by atoms with E-state index in [9.17, 15) is 0 Å². The van der Waals surface area contributed by atoms with Crippen LogP contribution in [-0.4, -0.2) is 0 Å². The summed E-state index contributed by atoms with van der Waals surface area (Å²) in [6.07, 6.45) is 2.00. The lowest BCUT2D eigenvalue weighted by Gasteiger charge is -2.25. The summed E-state index contributed by atoms with van der Waals surface area (Å²) < 4.78 is 1.14. The summed E-state index contributed by atoms with van der Waals surface area (Å²) in [5.41, 5.74) is 2.96. The second-order valence-electron chi connectivity index (χ2n) is 5.01. The Labute approximate surface area is 102 Å². The van der Waals surface area contributed by atoms with Crippen LogP contribution in [0.2, 0.25) is 0 Å². The molecule has 0 aliphatic rings. The largest absolute Gasteiger partial charge is 0.102 e. The molecule has 1 heteroatoms. The second-order valence-corrected chi connectivity index (χ2v) is 5.92. The van der Waals surface area contributed by atoms with Gasteiger partial charge in [0.2, 0.25) is 0 Å². The SMILES string of the molecule is C=CC(C)c1cc(Br)ccc1C(C)(C)C. The molecular formula is C14H19Br. The van der Waals surface area contributed by atoms with Crippen LogP contribution in [0, 0.1) is 0 Å². The Morgan fingerprint density at radius 3 is 2.40 bits per heavy atom. The normalized spacial score (nSPS) is 13.7. The Balaban J connectivity index is 3.33. The number of rotatable bonds is 2. The van der Waals surface area contributed by atoms with Crippen molar-refractivity contribution < 1.29 is 0 Å². The van der Waals surface area contributed by atoms with Crippen molar-refractivity contribution in [1.29, 1.82) is 0 Å². The molecule has 1 atom stereocenters. The van der Waals surface area contributed by atoms with Gasteiger partial charge >= 0.3 is 0 Å². The molecule has 0 fully saturated rings. The van der Waals surface area contributed by atoms with Crippen molar-refractivity contribution in [2.75, 3.05) is 0 Å². The van der Waals surface area contributed by atoms with Crippen LogP contribution >= 0.6 is 15.9 Å². The van der Waals surface area contributed by atoms with Crippen molar-refractivity contribution >= 4 is 15.9 Å². The summed E-state index contributed by atoms with van der Waals surface area (Å²) in [5.74, 6) is 0.400. The maximum atomic E-state index is 3.87. The van der Waals surface area contributed by atoms with Gasteiger partial charge in [0.05, 0.1) is 0 Å². The van der Waals surface area contributed by atoms with Crippen molar-refractivity contribution in [2.24, 2.45) is 0 Å². The van der Waals surface area contributed by atoms with Gasteiger partial charge in [0, 0.05) is 4.47 Å². The first-order chi connectivity index (χ1) is 6.86. The Kier molecular flexibility index (Phi) is 3.77. The highest BCUT2D eigenvalue weighted by Gasteiger charge is 2.19. The smallest absolute Gasteiger partial charge is 0.0178 e. The van der Waals surface area contributed by atoms with Gasteiger partial charge in [0.15, 0.2) is 0 Å². The Morgan fingerprint density at radius 1 is 1.33 bits per heavy atom. The van der Waals surface area contributed by atoms with Crippen molar-refractivity contribution in [1.82, 2.24) is 0 Å². The van der Waals surface area contributed by atoms with Gasteiger partial charge in [-0.25, -0.2) is 0 Å². The molecule has 0 saturated carbocycles. The summed E-state index contributed by atoms with van der Waals surface area (Å²) >= 11 is 3.53. The van der Waals surface area contributed by atoms with E-state index in [1.807, 2.05) is 6.08 Å². The fourth-order valence-electron chi connectivity index (χ4n) is 1.72. The minimum Gasteiger partial charge on any atom is -0.102 e. The van der Waals surface area contributed by atoms with E-state index in [0.717, 1.165) is 4.47 Å². The molecule has 1 aromatic rings. The third-order valence-corrected chi connectivity index (χ3v) is 3.16. The minimum atomic E-state index is 0.188. The van der Waals surface area contributed by atoms with Crippen molar-refractivity contribution in [3.05, 3.63) is 46.5 Å². The van der Waals surface area contributed by atoms with Crippen LogP contribution in [0.4, 0.5) is 0 Å². The van der Waals surface area contributed by atoms with Gasteiger partial charge in [-0.15, -0.1) is 6.58 Å². The fourth-order valence-corrected chi connectivity index (χ4v) is 2.10. The fraction of sp³-hybridized carbons (Fsp3) is 0.429. The van der Waals surface area contributed by atoms with E-state index < -0.39 is 0 Å². The predicted octanol–water partition coefficient (Wildman–Crippen LogP) is 5.04. The van der Waals surface area contributed by atoms with E-state index in [0.29, 0.717) is 5.92 Å². The maximum absolute atomic E-state index is 3.87. The molecule has 0 N–H and O–H groups in total. The lowest BCUT2D eigenvalue weighted by Crippen LogP contribution is -2.15. The number of hydrogen-bond donors (Lipinski definition) is 0. The molecule has 82 valence electrons. The quantitative estimate of drug-likeness (QED) is 0.659. The summed E-state index contributed by atoms with van der Waals surface area (Å²) in [6.45, 7) is 12.8. The molecule has 0 aromatic heterocycles. The van der Waals surface area contributed by atoms with E-state index in [1.54, 1.807) is 0 Å². The Bertz CT molecular complexity index is 358. The van der Waals surface area contributed by atoms with Gasteiger partial charge in [0.25, 0.3) is 0 Å². The van der Waals surface area contributed by atoms with Crippen LogP contribution in [0.1, 0.15) is 44.7 Å². The van der Waals surface area contributed by atoms with Crippen LogP contribution < -0.4 is 0 Å². The molecule has 0 spiro atoms. The maximum Gasteiger partial charge on any atom is 0.0178 e. The highest BCUT2D eigenvalue weighted by molar-refractivity contribution is 9.10. The van der Waals surface area contributed by atoms with Crippen molar-refractivity contribution in [3.8, 4) is 0 Å². The van der Waals surface area contributed by atoms with Gasteiger partial charge in [0.1, 0.15) is 0 Å². The van der Waals surface area contributed by atoms with E-state index >= 15 is 0 Å². The van der Waals surface area contributed by atoms with Crippen LogP contribution in [0.15, 0.2) is 35.3 Å². The first kappa shape index (κ1) is 12.5. The van der Waals surface area contributed by atoms with Crippen molar-refractivity contribution in [2.45, 2.75) is 39.0 Å². The monoisotopic (exact) mass is 266 g/mol. The lowest BCUT2D eigenvalue weighted by atomic mass is 9.80. The molecule has 1 aromatic carbocycles. The average molecular weight is 267 g/mol. The molecule has 0 nitrogen and oxygen atoms in total. The molecule has 15 heavy (non-hydrogen) atoms. The zero-order valence-electron chi connectivity index (χ0n) is 9.97. The van der Waals surface area contributed by atoms with Crippen LogP contribution in [-0.2, 0) is 5.41 Å². The highest BCUT2D eigenvalue weighted by atomic mass is 79.9. The topological polar surface area (TPSA) is 0 Å². The average Bonchev–Trinajstić information content (AvgIpc) is 2.14. The number of halogens is 1. The van der Waals surface area contributed by atoms with Gasteiger partial charge in [-0.3, -0.25) is 0 Å². The van der Waals surface area contributed by atoms with E-state index in [4.69, 9.17) is 0 Å². The molecule has 1 rings (SSSR count). The molecular weight excluding hydrogens is 248 g/mol. The lowest BCUT2D eigenvalue weighted by molar-refractivity contribution is 0.580. The van der Waals surface area contributed by atoms with Crippen molar-refractivity contribution in [3.63, 3.8) is 0 Å². The molecule has 0 aliphatic heterocycles. The summed E-state index contributed by atoms with van der Waals surface area (Å²) in [6, 6.07) is 6.52. The molecule has 0 heterocycles. The first-order valence-corrected chi connectivity index (χ1v) is 6.08. The molecule has 1 unspecified atom stereocenters.